The first-order valence-corrected chi connectivity index (χ1v) is 8.33. The van der Waals surface area contributed by atoms with Crippen LogP contribution in [0, 0.1) is 0 Å². The molecule has 3 rings (SSSR count). The third kappa shape index (κ3) is 4.07. The van der Waals surface area contributed by atoms with E-state index in [9.17, 15) is 5.11 Å². The van der Waals surface area contributed by atoms with Gasteiger partial charge in [0.15, 0.2) is 0 Å². The second-order valence-electron chi connectivity index (χ2n) is 5.06. The van der Waals surface area contributed by atoms with E-state index < -0.39 is 0 Å². The Labute approximate surface area is 149 Å². The molecule has 6 nitrogen and oxygen atoms in total. The molecule has 2 N–H and O–H groups in total. The summed E-state index contributed by atoms with van der Waals surface area (Å²) >= 11 is 1.45. The van der Waals surface area contributed by atoms with E-state index in [1.165, 1.54) is 11.3 Å². The number of thiazole rings is 1. The van der Waals surface area contributed by atoms with Gasteiger partial charge in [0.25, 0.3) is 0 Å². The number of nitrogens with one attached hydrogen (secondary N) is 1. The molecule has 0 radical (unpaired) electrons. The molecule has 0 unspecified atom stereocenters. The van der Waals surface area contributed by atoms with E-state index in [1.54, 1.807) is 32.6 Å². The minimum absolute atomic E-state index is 0.231. The van der Waals surface area contributed by atoms with Crippen molar-refractivity contribution in [3.05, 3.63) is 53.4 Å². The summed E-state index contributed by atoms with van der Waals surface area (Å²) in [6.45, 7) is 0. The number of benzene rings is 2. The molecule has 7 heteroatoms. The van der Waals surface area contributed by atoms with Crippen molar-refractivity contribution in [2.24, 2.45) is 5.10 Å². The number of rotatable bonds is 6. The van der Waals surface area contributed by atoms with Gasteiger partial charge in [-0.25, -0.2) is 4.98 Å². The van der Waals surface area contributed by atoms with Gasteiger partial charge in [-0.2, -0.15) is 5.10 Å². The Morgan fingerprint density at radius 2 is 1.92 bits per heavy atom. The Bertz CT molecular complexity index is 876. The maximum atomic E-state index is 9.34. The monoisotopic (exact) mass is 355 g/mol. The molecule has 0 saturated carbocycles. The zero-order valence-corrected chi connectivity index (χ0v) is 14.6. The molecule has 25 heavy (non-hydrogen) atoms. The van der Waals surface area contributed by atoms with Gasteiger partial charge in [-0.05, 0) is 42.5 Å². The topological polar surface area (TPSA) is 76.0 Å². The molecule has 3 aromatic rings. The van der Waals surface area contributed by atoms with Crippen LogP contribution in [0.4, 0.5) is 5.13 Å². The number of hydrogen-bond donors (Lipinski definition) is 2. The number of ether oxygens (including phenoxy) is 2. The minimum Gasteiger partial charge on any atom is -0.508 e. The Kier molecular flexibility index (Phi) is 5.15. The zero-order valence-electron chi connectivity index (χ0n) is 13.8. The van der Waals surface area contributed by atoms with Crippen molar-refractivity contribution < 1.29 is 14.6 Å². The molecule has 0 amide bonds. The van der Waals surface area contributed by atoms with Crippen molar-refractivity contribution in [1.29, 1.82) is 0 Å². The summed E-state index contributed by atoms with van der Waals surface area (Å²) in [6.07, 6.45) is 1.66. The number of hydrazone groups is 1. The Hall–Kier alpha value is -3.06. The lowest BCUT2D eigenvalue weighted by atomic mass is 10.2. The van der Waals surface area contributed by atoms with Gasteiger partial charge >= 0.3 is 0 Å². The summed E-state index contributed by atoms with van der Waals surface area (Å²) in [4.78, 5) is 4.47. The van der Waals surface area contributed by atoms with Gasteiger partial charge in [-0.3, -0.25) is 5.43 Å². The van der Waals surface area contributed by atoms with E-state index in [1.807, 2.05) is 35.7 Å². The largest absolute Gasteiger partial charge is 0.508 e. The van der Waals surface area contributed by atoms with Crippen LogP contribution in [0.1, 0.15) is 5.56 Å². The van der Waals surface area contributed by atoms with Crippen LogP contribution in [0.15, 0.2) is 52.9 Å². The first kappa shape index (κ1) is 16.8. The van der Waals surface area contributed by atoms with Crippen molar-refractivity contribution in [2.45, 2.75) is 0 Å². The second-order valence-corrected chi connectivity index (χ2v) is 5.92. The lowest BCUT2D eigenvalue weighted by molar-refractivity contribution is 0.402. The van der Waals surface area contributed by atoms with E-state index in [4.69, 9.17) is 9.47 Å². The van der Waals surface area contributed by atoms with Crippen LogP contribution < -0.4 is 14.9 Å². The average Bonchev–Trinajstić information content (AvgIpc) is 3.11. The molecule has 0 fully saturated rings. The third-order valence-electron chi connectivity index (χ3n) is 3.47. The SMILES string of the molecule is COc1ccc(OC)c(/C=N/Nc2nc(-c3ccc(O)cc3)cs2)c1. The summed E-state index contributed by atoms with van der Waals surface area (Å²) in [5.74, 6) is 1.66. The average molecular weight is 355 g/mol. The van der Waals surface area contributed by atoms with Gasteiger partial charge in [-0.1, -0.05) is 0 Å². The lowest BCUT2D eigenvalue weighted by Gasteiger charge is -2.06. The van der Waals surface area contributed by atoms with E-state index in [0.29, 0.717) is 10.9 Å². The van der Waals surface area contributed by atoms with Gasteiger partial charge in [0, 0.05) is 16.5 Å². The highest BCUT2D eigenvalue weighted by Crippen LogP contribution is 2.26. The second kappa shape index (κ2) is 7.67. The molecule has 0 atom stereocenters. The molecule has 1 aromatic heterocycles. The molecule has 2 aromatic carbocycles. The highest BCUT2D eigenvalue weighted by atomic mass is 32.1. The Morgan fingerprint density at radius 1 is 1.12 bits per heavy atom. The Balaban J connectivity index is 1.72. The third-order valence-corrected chi connectivity index (χ3v) is 4.21. The van der Waals surface area contributed by atoms with Crippen LogP contribution in [0.2, 0.25) is 0 Å². The van der Waals surface area contributed by atoms with Crippen LogP contribution in [0.25, 0.3) is 11.3 Å². The first-order chi connectivity index (χ1) is 12.2. The quantitative estimate of drug-likeness (QED) is 0.517. The molecule has 0 bridgehead atoms. The van der Waals surface area contributed by atoms with Gasteiger partial charge in [0.05, 0.1) is 26.1 Å². The molecule has 0 saturated heterocycles. The number of hydrogen-bond acceptors (Lipinski definition) is 7. The number of aromatic nitrogens is 1. The van der Waals surface area contributed by atoms with E-state index in [2.05, 4.69) is 15.5 Å². The van der Waals surface area contributed by atoms with E-state index >= 15 is 0 Å². The van der Waals surface area contributed by atoms with Crippen molar-refractivity contribution >= 4 is 22.7 Å². The summed E-state index contributed by atoms with van der Waals surface area (Å²) < 4.78 is 10.5. The normalized spacial score (nSPS) is 10.8. The van der Waals surface area contributed by atoms with Crippen LogP contribution >= 0.6 is 11.3 Å². The molecular weight excluding hydrogens is 338 g/mol. The molecule has 0 aliphatic heterocycles. The number of methoxy groups -OCH3 is 2. The number of aromatic hydroxyl groups is 1. The fraction of sp³-hybridized carbons (Fsp3) is 0.111. The lowest BCUT2D eigenvalue weighted by Crippen LogP contribution is -1.95. The van der Waals surface area contributed by atoms with Crippen LogP contribution in [-0.4, -0.2) is 30.5 Å². The van der Waals surface area contributed by atoms with E-state index in [-0.39, 0.29) is 5.75 Å². The zero-order chi connectivity index (χ0) is 17.6. The number of nitrogens with zero attached hydrogens (tertiary/aromatic N) is 2. The Morgan fingerprint density at radius 3 is 2.64 bits per heavy atom. The van der Waals surface area contributed by atoms with Crippen LogP contribution in [0.3, 0.4) is 0 Å². The van der Waals surface area contributed by atoms with Gasteiger partial charge in [0.1, 0.15) is 17.2 Å². The number of phenolic OH excluding ortho intramolecular Hbond substituents is 1. The summed E-state index contributed by atoms with van der Waals surface area (Å²) in [5.41, 5.74) is 5.46. The highest BCUT2D eigenvalue weighted by molar-refractivity contribution is 7.14. The predicted octanol–water partition coefficient (Wildman–Crippen LogP) is 3.98. The molecule has 0 aliphatic rings. The van der Waals surface area contributed by atoms with Gasteiger partial charge in [0.2, 0.25) is 5.13 Å². The summed E-state index contributed by atoms with van der Waals surface area (Å²) in [6, 6.07) is 12.4. The molecular formula is C18H17N3O3S. The smallest absolute Gasteiger partial charge is 0.203 e. The molecule has 0 spiro atoms. The maximum absolute atomic E-state index is 9.34. The summed E-state index contributed by atoms with van der Waals surface area (Å²) in [7, 11) is 3.22. The minimum atomic E-state index is 0.231. The number of anilines is 1. The molecule has 1 heterocycles. The molecule has 128 valence electrons. The highest BCUT2D eigenvalue weighted by Gasteiger charge is 2.05. The van der Waals surface area contributed by atoms with Crippen LogP contribution in [-0.2, 0) is 0 Å². The van der Waals surface area contributed by atoms with Crippen molar-refractivity contribution in [3.8, 4) is 28.5 Å². The maximum Gasteiger partial charge on any atom is 0.203 e. The summed E-state index contributed by atoms with van der Waals surface area (Å²) in [5, 5.41) is 16.2. The standard InChI is InChI=1S/C18H17N3O3S/c1-23-15-7-8-17(24-2)13(9-15)10-19-21-18-20-16(11-25-18)12-3-5-14(22)6-4-12/h3-11,22H,1-2H3,(H,20,21)/b19-10+. The first-order valence-electron chi connectivity index (χ1n) is 7.45. The van der Waals surface area contributed by atoms with Crippen molar-refractivity contribution in [3.63, 3.8) is 0 Å². The van der Waals surface area contributed by atoms with Gasteiger partial charge in [-0.15, -0.1) is 11.3 Å². The van der Waals surface area contributed by atoms with Crippen LogP contribution in [0.5, 0.6) is 17.2 Å². The fourth-order valence-corrected chi connectivity index (χ4v) is 2.86. The van der Waals surface area contributed by atoms with E-state index in [0.717, 1.165) is 22.6 Å². The predicted molar refractivity (Wildman–Crippen MR) is 100.0 cm³/mol. The van der Waals surface area contributed by atoms with Gasteiger partial charge < -0.3 is 14.6 Å². The fourth-order valence-electron chi connectivity index (χ4n) is 2.19. The number of phenols is 1. The van der Waals surface area contributed by atoms with Crippen molar-refractivity contribution in [1.82, 2.24) is 4.98 Å². The molecule has 0 aliphatic carbocycles. The van der Waals surface area contributed by atoms with Crippen molar-refractivity contribution in [2.75, 3.05) is 19.6 Å².